The van der Waals surface area contributed by atoms with Crippen LogP contribution in [0.2, 0.25) is 0 Å². The van der Waals surface area contributed by atoms with E-state index < -0.39 is 0 Å². The van der Waals surface area contributed by atoms with Gasteiger partial charge in [0.25, 0.3) is 0 Å². The lowest BCUT2D eigenvalue weighted by molar-refractivity contribution is 0.102. The Morgan fingerprint density at radius 2 is 1.82 bits per heavy atom. The van der Waals surface area contributed by atoms with Crippen molar-refractivity contribution in [3.05, 3.63) is 53.6 Å². The van der Waals surface area contributed by atoms with Crippen molar-refractivity contribution in [1.82, 2.24) is 10.2 Å². The zero-order chi connectivity index (χ0) is 19.9. The zero-order valence-electron chi connectivity index (χ0n) is 15.9. The third-order valence-electron chi connectivity index (χ3n) is 4.05. The van der Waals surface area contributed by atoms with Crippen molar-refractivity contribution in [3.8, 4) is 11.5 Å². The first-order chi connectivity index (χ1) is 13.6. The van der Waals surface area contributed by atoms with E-state index in [-0.39, 0.29) is 11.5 Å². The number of methoxy groups -OCH3 is 2. The Hall–Kier alpha value is -2.58. The van der Waals surface area contributed by atoms with E-state index in [1.165, 1.54) is 28.7 Å². The molecule has 0 radical (unpaired) electrons. The van der Waals surface area contributed by atoms with Crippen LogP contribution >= 0.6 is 23.1 Å². The number of anilines is 2. The Bertz CT molecular complexity index is 942. The smallest absolute Gasteiger partial charge is 0.210 e. The van der Waals surface area contributed by atoms with Crippen LogP contribution in [0.4, 0.5) is 10.8 Å². The van der Waals surface area contributed by atoms with Gasteiger partial charge in [-0.15, -0.1) is 10.2 Å². The lowest BCUT2D eigenvalue weighted by Crippen LogP contribution is -2.03. The van der Waals surface area contributed by atoms with Crippen LogP contribution in [-0.2, 0) is 6.42 Å². The first-order valence-corrected chi connectivity index (χ1v) is 10.5. The lowest BCUT2D eigenvalue weighted by Gasteiger charge is -2.08. The molecular formula is C20H21N3O3S2. The van der Waals surface area contributed by atoms with E-state index in [1.54, 1.807) is 32.4 Å². The van der Waals surface area contributed by atoms with E-state index in [9.17, 15) is 4.79 Å². The molecular weight excluding hydrogens is 394 g/mol. The molecule has 0 saturated heterocycles. The summed E-state index contributed by atoms with van der Waals surface area (Å²) in [4.78, 5) is 12.5. The van der Waals surface area contributed by atoms with Gasteiger partial charge in [-0.2, -0.15) is 0 Å². The molecule has 8 heteroatoms. The largest absolute Gasteiger partial charge is 0.493 e. The highest BCUT2D eigenvalue weighted by molar-refractivity contribution is 8.01. The van der Waals surface area contributed by atoms with Gasteiger partial charge in [-0.3, -0.25) is 4.79 Å². The van der Waals surface area contributed by atoms with E-state index in [0.29, 0.717) is 22.2 Å². The minimum Gasteiger partial charge on any atom is -0.493 e. The van der Waals surface area contributed by atoms with Crippen LogP contribution in [0.3, 0.4) is 0 Å². The Kier molecular flexibility index (Phi) is 6.89. The first kappa shape index (κ1) is 20.2. The molecule has 3 aromatic rings. The molecule has 0 spiro atoms. The van der Waals surface area contributed by atoms with E-state index in [2.05, 4.69) is 34.6 Å². The fourth-order valence-electron chi connectivity index (χ4n) is 2.49. The molecule has 0 bridgehead atoms. The topological polar surface area (TPSA) is 73.3 Å². The standard InChI is InChI=1S/C20H21N3O3S2/c1-4-13-5-8-15(9-6-13)21-19-22-23-20(28-19)27-12-16(24)14-7-10-17(25-2)18(11-14)26-3/h5-11H,4,12H2,1-3H3,(H,21,22). The van der Waals surface area contributed by atoms with Crippen LogP contribution in [0.25, 0.3) is 0 Å². The minimum absolute atomic E-state index is 0.00850. The van der Waals surface area contributed by atoms with Crippen molar-refractivity contribution in [2.75, 3.05) is 25.3 Å². The quantitative estimate of drug-likeness (QED) is 0.396. The van der Waals surface area contributed by atoms with Gasteiger partial charge in [-0.25, -0.2) is 0 Å². The molecule has 6 nitrogen and oxygen atoms in total. The second-order valence-corrected chi connectivity index (χ2v) is 8.03. The molecule has 0 unspecified atom stereocenters. The maximum Gasteiger partial charge on any atom is 0.210 e. The van der Waals surface area contributed by atoms with Crippen LogP contribution in [0.5, 0.6) is 11.5 Å². The molecule has 0 aliphatic rings. The van der Waals surface area contributed by atoms with E-state index in [0.717, 1.165) is 16.4 Å². The SMILES string of the molecule is CCc1ccc(Nc2nnc(SCC(=O)c3ccc(OC)c(OC)c3)s2)cc1. The number of rotatable bonds is 9. The molecule has 146 valence electrons. The number of carbonyl (C=O) groups excluding carboxylic acids is 1. The predicted molar refractivity (Wildman–Crippen MR) is 114 cm³/mol. The highest BCUT2D eigenvalue weighted by Crippen LogP contribution is 2.30. The van der Waals surface area contributed by atoms with Gasteiger partial charge >= 0.3 is 0 Å². The molecule has 1 N–H and O–H groups in total. The summed E-state index contributed by atoms with van der Waals surface area (Å²) in [7, 11) is 3.11. The van der Waals surface area contributed by atoms with E-state index in [4.69, 9.17) is 9.47 Å². The monoisotopic (exact) mass is 415 g/mol. The van der Waals surface area contributed by atoms with Crippen molar-refractivity contribution in [1.29, 1.82) is 0 Å². The zero-order valence-corrected chi connectivity index (χ0v) is 17.5. The number of aryl methyl sites for hydroxylation is 1. The normalized spacial score (nSPS) is 10.5. The molecule has 2 aromatic carbocycles. The highest BCUT2D eigenvalue weighted by Gasteiger charge is 2.13. The number of Topliss-reactive ketones (excluding diaryl/α,β-unsaturated/α-hetero) is 1. The Labute approximate surface area is 172 Å². The number of aromatic nitrogens is 2. The summed E-state index contributed by atoms with van der Waals surface area (Å²) in [6, 6.07) is 13.4. The summed E-state index contributed by atoms with van der Waals surface area (Å²) in [5.41, 5.74) is 2.82. The molecule has 0 amide bonds. The van der Waals surface area contributed by atoms with Gasteiger partial charge in [0.05, 0.1) is 20.0 Å². The van der Waals surface area contributed by atoms with Crippen molar-refractivity contribution >= 4 is 39.7 Å². The third-order valence-corrected chi connectivity index (χ3v) is 6.02. The van der Waals surface area contributed by atoms with Crippen LogP contribution in [-0.4, -0.2) is 36.0 Å². The van der Waals surface area contributed by atoms with E-state index in [1.807, 2.05) is 12.1 Å². The average molecular weight is 416 g/mol. The number of carbonyl (C=O) groups is 1. The van der Waals surface area contributed by atoms with Gasteiger partial charge in [0.2, 0.25) is 5.13 Å². The van der Waals surface area contributed by atoms with Gasteiger partial charge < -0.3 is 14.8 Å². The fourth-order valence-corrected chi connectivity index (χ4v) is 4.15. The molecule has 3 rings (SSSR count). The summed E-state index contributed by atoms with van der Waals surface area (Å²) in [6.07, 6.45) is 1.01. The van der Waals surface area contributed by atoms with Gasteiger partial charge in [-0.05, 0) is 42.3 Å². The number of hydrogen-bond acceptors (Lipinski definition) is 8. The number of ketones is 1. The summed E-state index contributed by atoms with van der Waals surface area (Å²) in [6.45, 7) is 2.12. The predicted octanol–water partition coefficient (Wildman–Crippen LogP) is 4.84. The fraction of sp³-hybridized carbons (Fsp3) is 0.250. The Balaban J connectivity index is 1.58. The maximum atomic E-state index is 12.5. The maximum absolute atomic E-state index is 12.5. The van der Waals surface area contributed by atoms with Gasteiger partial charge in [0, 0.05) is 11.3 Å². The number of nitrogens with one attached hydrogen (secondary N) is 1. The lowest BCUT2D eigenvalue weighted by atomic mass is 10.1. The molecule has 0 fully saturated rings. The summed E-state index contributed by atoms with van der Waals surface area (Å²) in [5, 5.41) is 12.2. The van der Waals surface area contributed by atoms with Gasteiger partial charge in [0.1, 0.15) is 0 Å². The second kappa shape index (κ2) is 9.57. The highest BCUT2D eigenvalue weighted by atomic mass is 32.2. The van der Waals surface area contributed by atoms with E-state index >= 15 is 0 Å². The molecule has 28 heavy (non-hydrogen) atoms. The first-order valence-electron chi connectivity index (χ1n) is 8.70. The second-order valence-electron chi connectivity index (χ2n) is 5.83. The van der Waals surface area contributed by atoms with Crippen molar-refractivity contribution in [2.45, 2.75) is 17.7 Å². The van der Waals surface area contributed by atoms with Crippen molar-refractivity contribution < 1.29 is 14.3 Å². The number of thioether (sulfide) groups is 1. The molecule has 0 saturated carbocycles. The van der Waals surface area contributed by atoms with Crippen molar-refractivity contribution in [3.63, 3.8) is 0 Å². The summed E-state index contributed by atoms with van der Waals surface area (Å²) >= 11 is 2.79. The van der Waals surface area contributed by atoms with Crippen molar-refractivity contribution in [2.24, 2.45) is 0 Å². The molecule has 0 aliphatic heterocycles. The van der Waals surface area contributed by atoms with Crippen LogP contribution in [0.15, 0.2) is 46.8 Å². The molecule has 0 atom stereocenters. The number of nitrogens with zero attached hydrogens (tertiary/aromatic N) is 2. The summed E-state index contributed by atoms with van der Waals surface area (Å²) < 4.78 is 11.2. The average Bonchev–Trinajstić information content (AvgIpc) is 3.19. The van der Waals surface area contributed by atoms with Crippen LogP contribution in [0.1, 0.15) is 22.8 Å². The number of ether oxygens (including phenoxy) is 2. The van der Waals surface area contributed by atoms with Crippen LogP contribution < -0.4 is 14.8 Å². The molecule has 0 aliphatic carbocycles. The third kappa shape index (κ3) is 5.02. The Morgan fingerprint density at radius 3 is 2.50 bits per heavy atom. The number of hydrogen-bond donors (Lipinski definition) is 1. The van der Waals surface area contributed by atoms with Gasteiger partial charge in [0.15, 0.2) is 21.6 Å². The number of benzene rings is 2. The molecule has 1 heterocycles. The summed E-state index contributed by atoms with van der Waals surface area (Å²) in [5.74, 6) is 1.40. The molecule has 1 aromatic heterocycles. The van der Waals surface area contributed by atoms with Crippen LogP contribution in [0, 0.1) is 0 Å². The minimum atomic E-state index is -0.00850. The Morgan fingerprint density at radius 1 is 1.07 bits per heavy atom. The van der Waals surface area contributed by atoms with Gasteiger partial charge in [-0.1, -0.05) is 42.2 Å².